The molecule has 0 N–H and O–H groups in total. The summed E-state index contributed by atoms with van der Waals surface area (Å²) in [6.07, 6.45) is 0.644. The van der Waals surface area contributed by atoms with Crippen LogP contribution in [0.4, 0.5) is 0 Å². The molecule has 0 saturated carbocycles. The zero-order valence-corrected chi connectivity index (χ0v) is 20.9. The molecule has 4 aromatic rings. The van der Waals surface area contributed by atoms with E-state index in [0.29, 0.717) is 37.0 Å². The van der Waals surface area contributed by atoms with E-state index in [2.05, 4.69) is 22.3 Å². The highest BCUT2D eigenvalue weighted by Crippen LogP contribution is 2.25. The van der Waals surface area contributed by atoms with Crippen LogP contribution in [0.25, 0.3) is 5.69 Å². The zero-order valence-electron chi connectivity index (χ0n) is 20.1. The van der Waals surface area contributed by atoms with Crippen LogP contribution in [0, 0.1) is 0 Å². The number of rotatable bonds is 11. The van der Waals surface area contributed by atoms with Gasteiger partial charge in [0.25, 0.3) is 0 Å². The van der Waals surface area contributed by atoms with Gasteiger partial charge in [0.05, 0.1) is 12.4 Å². The van der Waals surface area contributed by atoms with Gasteiger partial charge in [0.15, 0.2) is 5.16 Å². The molecule has 35 heavy (non-hydrogen) atoms. The van der Waals surface area contributed by atoms with Gasteiger partial charge in [-0.25, -0.2) is 0 Å². The summed E-state index contributed by atoms with van der Waals surface area (Å²) in [4.78, 5) is 14.9. The normalized spacial score (nSPS) is 10.8. The topological polar surface area (TPSA) is 60.2 Å². The Morgan fingerprint density at radius 3 is 2.17 bits per heavy atom. The average Bonchev–Trinajstić information content (AvgIpc) is 3.30. The minimum atomic E-state index is 0.0761. The van der Waals surface area contributed by atoms with Crippen LogP contribution in [0.15, 0.2) is 90.1 Å². The molecule has 0 bridgehead atoms. The highest BCUT2D eigenvalue weighted by atomic mass is 32.2. The number of amides is 1. The summed E-state index contributed by atoms with van der Waals surface area (Å²) in [5, 5.41) is 9.65. The van der Waals surface area contributed by atoms with Gasteiger partial charge in [-0.1, -0.05) is 72.4 Å². The second-order valence-electron chi connectivity index (χ2n) is 8.01. The van der Waals surface area contributed by atoms with Crippen molar-refractivity contribution in [2.45, 2.75) is 32.0 Å². The second-order valence-corrected chi connectivity index (χ2v) is 8.95. The number of aromatic nitrogens is 3. The van der Waals surface area contributed by atoms with E-state index in [4.69, 9.17) is 4.74 Å². The standard InChI is InChI=1S/C28H30N4O2S/c1-3-31(20-23-13-9-6-10-14-23)27(33)21-35-28-30-29-26(19-22-11-7-5-8-12-22)32(28)24-15-17-25(18-16-24)34-4-2/h5-18H,3-4,19-21H2,1-2H3. The number of carbonyl (C=O) groups is 1. The van der Waals surface area contributed by atoms with Crippen LogP contribution < -0.4 is 4.74 Å². The van der Waals surface area contributed by atoms with Crippen molar-refractivity contribution in [3.8, 4) is 11.4 Å². The van der Waals surface area contributed by atoms with Gasteiger partial charge in [-0.3, -0.25) is 9.36 Å². The molecule has 1 aromatic heterocycles. The predicted octanol–water partition coefficient (Wildman–Crippen LogP) is 5.40. The molecule has 0 aliphatic carbocycles. The number of hydrogen-bond acceptors (Lipinski definition) is 5. The Morgan fingerprint density at radius 2 is 1.54 bits per heavy atom. The van der Waals surface area contributed by atoms with Crippen molar-refractivity contribution in [1.82, 2.24) is 19.7 Å². The van der Waals surface area contributed by atoms with Gasteiger partial charge < -0.3 is 9.64 Å². The maximum atomic E-state index is 13.0. The molecule has 0 spiro atoms. The van der Waals surface area contributed by atoms with Gasteiger partial charge in [0.1, 0.15) is 11.6 Å². The van der Waals surface area contributed by atoms with Crippen molar-refractivity contribution in [3.05, 3.63) is 102 Å². The van der Waals surface area contributed by atoms with Crippen LogP contribution >= 0.6 is 11.8 Å². The van der Waals surface area contributed by atoms with E-state index in [-0.39, 0.29) is 5.91 Å². The first-order valence-corrected chi connectivity index (χ1v) is 12.8. The summed E-state index contributed by atoms with van der Waals surface area (Å²) in [5.74, 6) is 2.01. The van der Waals surface area contributed by atoms with Crippen LogP contribution in [0.5, 0.6) is 5.75 Å². The van der Waals surface area contributed by atoms with Crippen molar-refractivity contribution >= 4 is 17.7 Å². The molecule has 0 saturated heterocycles. The maximum absolute atomic E-state index is 13.0. The van der Waals surface area contributed by atoms with E-state index in [1.54, 1.807) is 0 Å². The smallest absolute Gasteiger partial charge is 0.233 e. The summed E-state index contributed by atoms with van der Waals surface area (Å²) in [5.41, 5.74) is 3.21. The molecule has 0 unspecified atom stereocenters. The first kappa shape index (κ1) is 24.5. The number of ether oxygens (including phenoxy) is 1. The Morgan fingerprint density at radius 1 is 0.886 bits per heavy atom. The van der Waals surface area contributed by atoms with Crippen LogP contribution in [0.1, 0.15) is 30.8 Å². The minimum Gasteiger partial charge on any atom is -0.494 e. The summed E-state index contributed by atoms with van der Waals surface area (Å²) < 4.78 is 7.64. The largest absolute Gasteiger partial charge is 0.494 e. The molecule has 0 radical (unpaired) electrons. The second kappa shape index (κ2) is 12.2. The van der Waals surface area contributed by atoms with Gasteiger partial charge in [0, 0.05) is 25.2 Å². The van der Waals surface area contributed by atoms with E-state index in [1.807, 2.05) is 96.1 Å². The molecule has 7 heteroatoms. The van der Waals surface area contributed by atoms with Crippen molar-refractivity contribution in [1.29, 1.82) is 0 Å². The lowest BCUT2D eigenvalue weighted by Gasteiger charge is -2.21. The Balaban J connectivity index is 1.54. The maximum Gasteiger partial charge on any atom is 0.233 e. The summed E-state index contributed by atoms with van der Waals surface area (Å²) >= 11 is 1.42. The monoisotopic (exact) mass is 486 g/mol. The summed E-state index contributed by atoms with van der Waals surface area (Å²) in [6.45, 7) is 5.84. The van der Waals surface area contributed by atoms with Crippen molar-refractivity contribution in [2.75, 3.05) is 18.9 Å². The summed E-state index contributed by atoms with van der Waals surface area (Å²) in [6, 6.07) is 28.2. The van der Waals surface area contributed by atoms with E-state index >= 15 is 0 Å². The molecular weight excluding hydrogens is 456 g/mol. The van der Waals surface area contributed by atoms with E-state index in [0.717, 1.165) is 28.4 Å². The lowest BCUT2D eigenvalue weighted by Crippen LogP contribution is -2.31. The number of thioether (sulfide) groups is 1. The van der Waals surface area contributed by atoms with Crippen LogP contribution in [0.2, 0.25) is 0 Å². The van der Waals surface area contributed by atoms with Crippen molar-refractivity contribution in [3.63, 3.8) is 0 Å². The van der Waals surface area contributed by atoms with Gasteiger partial charge >= 0.3 is 0 Å². The van der Waals surface area contributed by atoms with Gasteiger partial charge in [-0.05, 0) is 49.2 Å². The van der Waals surface area contributed by atoms with E-state index in [1.165, 1.54) is 11.8 Å². The number of nitrogens with zero attached hydrogens (tertiary/aromatic N) is 4. The highest BCUT2D eigenvalue weighted by Gasteiger charge is 2.19. The number of carbonyl (C=O) groups excluding carboxylic acids is 1. The van der Waals surface area contributed by atoms with Gasteiger partial charge in [-0.2, -0.15) is 0 Å². The molecule has 3 aromatic carbocycles. The quantitative estimate of drug-likeness (QED) is 0.266. The lowest BCUT2D eigenvalue weighted by molar-refractivity contribution is -0.128. The lowest BCUT2D eigenvalue weighted by atomic mass is 10.1. The Labute approximate surface area is 211 Å². The van der Waals surface area contributed by atoms with Crippen LogP contribution in [0.3, 0.4) is 0 Å². The third-order valence-corrected chi connectivity index (χ3v) is 6.50. The molecule has 180 valence electrons. The molecule has 6 nitrogen and oxygen atoms in total. The molecule has 0 aliphatic rings. The fourth-order valence-corrected chi connectivity index (χ4v) is 4.68. The fourth-order valence-electron chi connectivity index (χ4n) is 3.80. The first-order valence-electron chi connectivity index (χ1n) is 11.8. The fraction of sp³-hybridized carbons (Fsp3) is 0.250. The molecule has 1 amide bonds. The Bertz CT molecular complexity index is 1210. The molecule has 0 aliphatic heterocycles. The minimum absolute atomic E-state index is 0.0761. The molecular formula is C28H30N4O2S. The number of benzene rings is 3. The van der Waals surface area contributed by atoms with Gasteiger partial charge in [0.2, 0.25) is 5.91 Å². The SMILES string of the molecule is CCOc1ccc(-n2c(Cc3ccccc3)nnc2SCC(=O)N(CC)Cc2ccccc2)cc1. The Hall–Kier alpha value is -3.58. The molecule has 0 atom stereocenters. The summed E-state index contributed by atoms with van der Waals surface area (Å²) in [7, 11) is 0. The predicted molar refractivity (Wildman–Crippen MR) is 140 cm³/mol. The first-order chi connectivity index (χ1) is 17.2. The highest BCUT2D eigenvalue weighted by molar-refractivity contribution is 7.99. The third-order valence-electron chi connectivity index (χ3n) is 5.59. The molecule has 0 fully saturated rings. The molecule has 4 rings (SSSR count). The van der Waals surface area contributed by atoms with Crippen LogP contribution in [-0.2, 0) is 17.8 Å². The van der Waals surface area contributed by atoms with Gasteiger partial charge in [-0.15, -0.1) is 10.2 Å². The van der Waals surface area contributed by atoms with Crippen molar-refractivity contribution in [2.24, 2.45) is 0 Å². The zero-order chi connectivity index (χ0) is 24.5. The Kier molecular flexibility index (Phi) is 8.57. The molecule has 1 heterocycles. The van der Waals surface area contributed by atoms with Crippen LogP contribution in [-0.4, -0.2) is 44.5 Å². The van der Waals surface area contributed by atoms with E-state index in [9.17, 15) is 4.79 Å². The average molecular weight is 487 g/mol. The van der Waals surface area contributed by atoms with E-state index < -0.39 is 0 Å². The number of hydrogen-bond donors (Lipinski definition) is 0. The third kappa shape index (κ3) is 6.51. The van der Waals surface area contributed by atoms with Crippen molar-refractivity contribution < 1.29 is 9.53 Å².